The number of benzene rings is 2. The number of carbonyl (C=O) groups is 1. The standard InChI is InChI=1S/C20H23NO/c1-13-11-16-12-15(7-10-18(16)21-13)19(22)14-5-8-17(9-6-14)20(2,3)4/h5-10,12-13,21H,11H2,1-4H3. The molecule has 0 fully saturated rings. The number of hydrogen-bond acceptors (Lipinski definition) is 2. The molecule has 3 rings (SSSR count). The Morgan fingerprint density at radius 2 is 1.68 bits per heavy atom. The molecule has 1 heterocycles. The van der Waals surface area contributed by atoms with Crippen molar-refractivity contribution in [2.75, 3.05) is 5.32 Å². The van der Waals surface area contributed by atoms with Crippen molar-refractivity contribution in [2.45, 2.75) is 45.6 Å². The summed E-state index contributed by atoms with van der Waals surface area (Å²) in [5.41, 5.74) is 5.29. The van der Waals surface area contributed by atoms with E-state index in [0.29, 0.717) is 6.04 Å². The number of fused-ring (bicyclic) bond motifs is 1. The van der Waals surface area contributed by atoms with Gasteiger partial charge < -0.3 is 5.32 Å². The van der Waals surface area contributed by atoms with E-state index in [2.05, 4.69) is 45.1 Å². The van der Waals surface area contributed by atoms with Gasteiger partial charge in [-0.25, -0.2) is 0 Å². The highest BCUT2D eigenvalue weighted by Gasteiger charge is 2.19. The second-order valence-corrected chi connectivity index (χ2v) is 7.28. The maximum Gasteiger partial charge on any atom is 0.193 e. The van der Waals surface area contributed by atoms with E-state index in [4.69, 9.17) is 0 Å². The Balaban J connectivity index is 1.87. The average Bonchev–Trinajstić information content (AvgIpc) is 2.84. The van der Waals surface area contributed by atoms with Crippen molar-refractivity contribution in [1.29, 1.82) is 0 Å². The number of nitrogens with one attached hydrogen (secondary N) is 1. The van der Waals surface area contributed by atoms with Crippen molar-refractivity contribution in [2.24, 2.45) is 0 Å². The first-order chi connectivity index (χ1) is 10.3. The Kier molecular flexibility index (Phi) is 3.56. The molecule has 1 aliphatic heterocycles. The third kappa shape index (κ3) is 2.78. The normalized spacial score (nSPS) is 17.0. The van der Waals surface area contributed by atoms with Gasteiger partial charge in [-0.05, 0) is 48.1 Å². The van der Waals surface area contributed by atoms with Crippen LogP contribution in [0.25, 0.3) is 0 Å². The van der Waals surface area contributed by atoms with Crippen molar-refractivity contribution < 1.29 is 4.79 Å². The lowest BCUT2D eigenvalue weighted by Crippen LogP contribution is -2.11. The van der Waals surface area contributed by atoms with Crippen molar-refractivity contribution in [3.63, 3.8) is 0 Å². The summed E-state index contributed by atoms with van der Waals surface area (Å²) in [4.78, 5) is 12.7. The van der Waals surface area contributed by atoms with Gasteiger partial charge in [-0.2, -0.15) is 0 Å². The molecule has 0 radical (unpaired) electrons. The maximum atomic E-state index is 12.7. The van der Waals surface area contributed by atoms with E-state index in [0.717, 1.165) is 23.2 Å². The Bertz CT molecular complexity index is 707. The van der Waals surface area contributed by atoms with Crippen LogP contribution in [0.15, 0.2) is 42.5 Å². The maximum absolute atomic E-state index is 12.7. The molecule has 2 heteroatoms. The molecule has 1 unspecified atom stereocenters. The second-order valence-electron chi connectivity index (χ2n) is 7.28. The van der Waals surface area contributed by atoms with Crippen LogP contribution in [0.4, 0.5) is 5.69 Å². The lowest BCUT2D eigenvalue weighted by molar-refractivity contribution is 0.103. The van der Waals surface area contributed by atoms with Crippen molar-refractivity contribution in [3.05, 3.63) is 64.7 Å². The third-order valence-corrected chi connectivity index (χ3v) is 4.31. The SMILES string of the molecule is CC1Cc2cc(C(=O)c3ccc(C(C)(C)C)cc3)ccc2N1. The fraction of sp³-hybridized carbons (Fsp3) is 0.350. The molecule has 0 saturated heterocycles. The zero-order chi connectivity index (χ0) is 15.9. The Morgan fingerprint density at radius 3 is 2.32 bits per heavy atom. The van der Waals surface area contributed by atoms with Crippen LogP contribution in [0.1, 0.15) is 54.7 Å². The number of carbonyl (C=O) groups excluding carboxylic acids is 1. The van der Waals surface area contributed by atoms with Gasteiger partial charge in [0.05, 0.1) is 0 Å². The fourth-order valence-electron chi connectivity index (χ4n) is 2.98. The predicted octanol–water partition coefficient (Wildman–Crippen LogP) is 4.57. The lowest BCUT2D eigenvalue weighted by Gasteiger charge is -2.19. The number of rotatable bonds is 2. The van der Waals surface area contributed by atoms with Crippen LogP contribution in [0, 0.1) is 0 Å². The third-order valence-electron chi connectivity index (χ3n) is 4.31. The highest BCUT2D eigenvalue weighted by atomic mass is 16.1. The molecule has 1 N–H and O–H groups in total. The molecule has 0 amide bonds. The van der Waals surface area contributed by atoms with E-state index in [1.807, 2.05) is 30.3 Å². The molecule has 0 spiro atoms. The topological polar surface area (TPSA) is 29.1 Å². The molecule has 0 bridgehead atoms. The molecule has 2 aromatic carbocycles. The van der Waals surface area contributed by atoms with E-state index in [1.165, 1.54) is 11.1 Å². The Labute approximate surface area is 132 Å². The molecule has 2 aromatic rings. The number of hydrogen-bond donors (Lipinski definition) is 1. The molecule has 114 valence electrons. The molecule has 0 aliphatic carbocycles. The van der Waals surface area contributed by atoms with Gasteiger partial charge >= 0.3 is 0 Å². The summed E-state index contributed by atoms with van der Waals surface area (Å²) in [6.45, 7) is 8.70. The van der Waals surface area contributed by atoms with Gasteiger partial charge in [0, 0.05) is 22.9 Å². The predicted molar refractivity (Wildman–Crippen MR) is 91.8 cm³/mol. The van der Waals surface area contributed by atoms with Gasteiger partial charge in [0.2, 0.25) is 0 Å². The first-order valence-electron chi connectivity index (χ1n) is 7.89. The number of anilines is 1. The van der Waals surface area contributed by atoms with Crippen molar-refractivity contribution >= 4 is 11.5 Å². The first-order valence-corrected chi connectivity index (χ1v) is 7.89. The molecule has 1 atom stereocenters. The zero-order valence-corrected chi connectivity index (χ0v) is 13.7. The largest absolute Gasteiger partial charge is 0.382 e. The molecular weight excluding hydrogens is 270 g/mol. The van der Waals surface area contributed by atoms with Crippen LogP contribution in [0.2, 0.25) is 0 Å². The van der Waals surface area contributed by atoms with Gasteiger partial charge in [-0.15, -0.1) is 0 Å². The summed E-state index contributed by atoms with van der Waals surface area (Å²) in [7, 11) is 0. The summed E-state index contributed by atoms with van der Waals surface area (Å²) >= 11 is 0. The minimum atomic E-state index is 0.0998. The Hall–Kier alpha value is -2.09. The van der Waals surface area contributed by atoms with Crippen LogP contribution in [0.3, 0.4) is 0 Å². The van der Waals surface area contributed by atoms with Gasteiger partial charge in [-0.3, -0.25) is 4.79 Å². The minimum Gasteiger partial charge on any atom is -0.382 e. The summed E-state index contributed by atoms with van der Waals surface area (Å²) in [6.07, 6.45) is 0.986. The lowest BCUT2D eigenvalue weighted by atomic mass is 9.86. The van der Waals surface area contributed by atoms with E-state index < -0.39 is 0 Å². The molecule has 2 nitrogen and oxygen atoms in total. The molecule has 0 saturated carbocycles. The van der Waals surface area contributed by atoms with Crippen LogP contribution in [-0.2, 0) is 11.8 Å². The van der Waals surface area contributed by atoms with Crippen LogP contribution >= 0.6 is 0 Å². The quantitative estimate of drug-likeness (QED) is 0.822. The zero-order valence-electron chi connectivity index (χ0n) is 13.7. The smallest absolute Gasteiger partial charge is 0.193 e. The average molecular weight is 293 g/mol. The van der Waals surface area contributed by atoms with Crippen LogP contribution in [0.5, 0.6) is 0 Å². The van der Waals surface area contributed by atoms with Crippen LogP contribution < -0.4 is 5.32 Å². The molecule has 22 heavy (non-hydrogen) atoms. The van der Waals surface area contributed by atoms with Gasteiger partial charge in [0.25, 0.3) is 0 Å². The van der Waals surface area contributed by atoms with Crippen molar-refractivity contribution in [3.8, 4) is 0 Å². The first kappa shape index (κ1) is 14.8. The summed E-state index contributed by atoms with van der Waals surface area (Å²) < 4.78 is 0. The van der Waals surface area contributed by atoms with Crippen molar-refractivity contribution in [1.82, 2.24) is 0 Å². The summed E-state index contributed by atoms with van der Waals surface area (Å²) in [5.74, 6) is 0.0998. The highest BCUT2D eigenvalue weighted by molar-refractivity contribution is 6.09. The highest BCUT2D eigenvalue weighted by Crippen LogP contribution is 2.28. The van der Waals surface area contributed by atoms with Crippen LogP contribution in [-0.4, -0.2) is 11.8 Å². The van der Waals surface area contributed by atoms with E-state index in [-0.39, 0.29) is 11.2 Å². The van der Waals surface area contributed by atoms with Gasteiger partial charge in [0.15, 0.2) is 5.78 Å². The van der Waals surface area contributed by atoms with Gasteiger partial charge in [-0.1, -0.05) is 45.0 Å². The summed E-state index contributed by atoms with van der Waals surface area (Å²) in [6, 6.07) is 14.4. The minimum absolute atomic E-state index is 0.0998. The van der Waals surface area contributed by atoms with E-state index in [1.54, 1.807) is 0 Å². The van der Waals surface area contributed by atoms with E-state index in [9.17, 15) is 4.79 Å². The molecule has 0 aromatic heterocycles. The summed E-state index contributed by atoms with van der Waals surface area (Å²) in [5, 5.41) is 3.42. The van der Waals surface area contributed by atoms with Gasteiger partial charge in [0.1, 0.15) is 0 Å². The second kappa shape index (κ2) is 5.28. The molecular formula is C20H23NO. The Morgan fingerprint density at radius 1 is 1.05 bits per heavy atom. The number of ketones is 1. The van der Waals surface area contributed by atoms with E-state index >= 15 is 0 Å². The molecule has 1 aliphatic rings. The fourth-order valence-corrected chi connectivity index (χ4v) is 2.98. The monoisotopic (exact) mass is 293 g/mol.